The molecule has 33 heavy (non-hydrogen) atoms. The van der Waals surface area contributed by atoms with Crippen molar-refractivity contribution >= 4 is 17.9 Å². The molecule has 0 radical (unpaired) electrons. The van der Waals surface area contributed by atoms with E-state index in [1.54, 1.807) is 4.90 Å². The number of halogens is 2. The Labute approximate surface area is 193 Å². The van der Waals surface area contributed by atoms with E-state index in [2.05, 4.69) is 29.2 Å². The maximum absolute atomic E-state index is 13.3. The smallest absolute Gasteiger partial charge is 0.246 e. The fraction of sp³-hybridized carbons (Fsp3) is 0.385. The van der Waals surface area contributed by atoms with Crippen molar-refractivity contribution in [2.24, 2.45) is 0 Å². The van der Waals surface area contributed by atoms with Crippen LogP contribution in [0.3, 0.4) is 0 Å². The van der Waals surface area contributed by atoms with Crippen LogP contribution >= 0.6 is 0 Å². The van der Waals surface area contributed by atoms with E-state index >= 15 is 0 Å². The molecule has 2 aromatic rings. The first-order valence-corrected chi connectivity index (χ1v) is 11.5. The molecule has 7 heteroatoms. The van der Waals surface area contributed by atoms with E-state index in [1.165, 1.54) is 29.8 Å². The molecular formula is C26H29F2N3O2. The number of rotatable bonds is 5. The monoisotopic (exact) mass is 453 g/mol. The highest BCUT2D eigenvalue weighted by Gasteiger charge is 2.26. The van der Waals surface area contributed by atoms with Gasteiger partial charge in [0, 0.05) is 38.3 Å². The van der Waals surface area contributed by atoms with Gasteiger partial charge in [0.05, 0.1) is 6.54 Å². The zero-order valence-corrected chi connectivity index (χ0v) is 18.6. The summed E-state index contributed by atoms with van der Waals surface area (Å²) in [5.74, 6) is -0.929. The van der Waals surface area contributed by atoms with Crippen LogP contribution in [-0.4, -0.2) is 72.3 Å². The van der Waals surface area contributed by atoms with Crippen molar-refractivity contribution in [2.75, 3.05) is 45.8 Å². The van der Waals surface area contributed by atoms with Gasteiger partial charge in [0.2, 0.25) is 11.8 Å². The van der Waals surface area contributed by atoms with Crippen LogP contribution in [0.15, 0.2) is 54.6 Å². The molecule has 0 saturated carbocycles. The molecule has 2 aromatic carbocycles. The average Bonchev–Trinajstić information content (AvgIpc) is 2.83. The molecule has 0 N–H and O–H groups in total. The summed E-state index contributed by atoms with van der Waals surface area (Å²) in [6, 6.07) is 13.7. The summed E-state index contributed by atoms with van der Waals surface area (Å²) < 4.78 is 26.6. The van der Waals surface area contributed by atoms with Crippen LogP contribution in [0.1, 0.15) is 29.9 Å². The number of hydrogen-bond donors (Lipinski definition) is 0. The van der Waals surface area contributed by atoms with Gasteiger partial charge < -0.3 is 9.80 Å². The normalized spacial score (nSPS) is 18.1. The third-order valence-corrected chi connectivity index (χ3v) is 6.46. The van der Waals surface area contributed by atoms with Crippen LogP contribution in [0, 0.1) is 11.6 Å². The Bertz CT molecular complexity index is 976. The molecule has 4 rings (SSSR count). The van der Waals surface area contributed by atoms with E-state index in [9.17, 15) is 18.4 Å². The zero-order chi connectivity index (χ0) is 23.2. The van der Waals surface area contributed by atoms with Gasteiger partial charge in [0.25, 0.3) is 0 Å². The maximum Gasteiger partial charge on any atom is 0.246 e. The minimum Gasteiger partial charge on any atom is -0.338 e. The predicted molar refractivity (Wildman–Crippen MR) is 123 cm³/mol. The van der Waals surface area contributed by atoms with Crippen LogP contribution in [-0.2, 0) is 9.59 Å². The second-order valence-electron chi connectivity index (χ2n) is 8.70. The fourth-order valence-corrected chi connectivity index (χ4v) is 4.56. The lowest BCUT2D eigenvalue weighted by molar-refractivity contribution is -0.138. The van der Waals surface area contributed by atoms with E-state index < -0.39 is 11.6 Å². The number of benzene rings is 2. The molecule has 0 atom stereocenters. The highest BCUT2D eigenvalue weighted by molar-refractivity contribution is 5.92. The molecule has 2 aliphatic rings. The van der Waals surface area contributed by atoms with Crippen LogP contribution < -0.4 is 0 Å². The van der Waals surface area contributed by atoms with Gasteiger partial charge in [0.1, 0.15) is 11.6 Å². The summed E-state index contributed by atoms with van der Waals surface area (Å²) in [4.78, 5) is 30.9. The molecule has 2 saturated heterocycles. The minimum absolute atomic E-state index is 0.103. The molecule has 0 spiro atoms. The highest BCUT2D eigenvalue weighted by Crippen LogP contribution is 2.27. The van der Waals surface area contributed by atoms with Gasteiger partial charge in [-0.2, -0.15) is 0 Å². The Hall–Kier alpha value is -3.06. The molecule has 5 nitrogen and oxygen atoms in total. The summed E-state index contributed by atoms with van der Waals surface area (Å²) in [5, 5.41) is 0. The van der Waals surface area contributed by atoms with Crippen molar-refractivity contribution in [3.8, 4) is 0 Å². The third-order valence-electron chi connectivity index (χ3n) is 6.46. The minimum atomic E-state index is -0.682. The number of carbonyl (C=O) groups is 2. The number of nitrogens with zero attached hydrogens (tertiary/aromatic N) is 3. The SMILES string of the molecule is O=C(/C=C/c1cc(F)cc(F)c1)N1CCN(C(=O)CN2CCC(c3ccccc3)CC2)CC1. The number of piperidine rings is 1. The van der Waals surface area contributed by atoms with Crippen LogP contribution in [0.25, 0.3) is 6.08 Å². The Morgan fingerprint density at radius 2 is 1.45 bits per heavy atom. The molecule has 2 amide bonds. The molecule has 2 heterocycles. The largest absolute Gasteiger partial charge is 0.338 e. The highest BCUT2D eigenvalue weighted by atomic mass is 19.1. The summed E-state index contributed by atoms with van der Waals surface area (Å²) >= 11 is 0. The predicted octanol–water partition coefficient (Wildman–Crippen LogP) is 3.53. The Morgan fingerprint density at radius 1 is 0.848 bits per heavy atom. The number of likely N-dealkylation sites (tertiary alicyclic amines) is 1. The molecule has 0 aliphatic carbocycles. The summed E-state index contributed by atoms with van der Waals surface area (Å²) in [5.41, 5.74) is 1.67. The lowest BCUT2D eigenvalue weighted by Crippen LogP contribution is -2.52. The number of piperazine rings is 1. The van der Waals surface area contributed by atoms with Gasteiger partial charge in [-0.1, -0.05) is 30.3 Å². The maximum atomic E-state index is 13.3. The average molecular weight is 454 g/mol. The molecule has 2 fully saturated rings. The van der Waals surface area contributed by atoms with E-state index in [0.717, 1.165) is 32.0 Å². The van der Waals surface area contributed by atoms with Crippen molar-refractivity contribution in [3.63, 3.8) is 0 Å². The third kappa shape index (κ3) is 6.26. The van der Waals surface area contributed by atoms with Gasteiger partial charge in [-0.05, 0) is 61.2 Å². The van der Waals surface area contributed by atoms with Crippen molar-refractivity contribution in [1.29, 1.82) is 0 Å². The lowest BCUT2D eigenvalue weighted by Gasteiger charge is -2.37. The second-order valence-corrected chi connectivity index (χ2v) is 8.70. The van der Waals surface area contributed by atoms with Crippen molar-refractivity contribution < 1.29 is 18.4 Å². The number of carbonyl (C=O) groups excluding carboxylic acids is 2. The quantitative estimate of drug-likeness (QED) is 0.651. The summed E-state index contributed by atoms with van der Waals surface area (Å²) in [6.45, 7) is 4.12. The van der Waals surface area contributed by atoms with Crippen LogP contribution in [0.2, 0.25) is 0 Å². The Morgan fingerprint density at radius 3 is 2.09 bits per heavy atom. The first-order chi connectivity index (χ1) is 16.0. The van der Waals surface area contributed by atoms with E-state index in [4.69, 9.17) is 0 Å². The van der Waals surface area contributed by atoms with Gasteiger partial charge in [-0.15, -0.1) is 0 Å². The first-order valence-electron chi connectivity index (χ1n) is 11.5. The van der Waals surface area contributed by atoms with Gasteiger partial charge in [-0.3, -0.25) is 14.5 Å². The van der Waals surface area contributed by atoms with Crippen molar-refractivity contribution in [2.45, 2.75) is 18.8 Å². The molecule has 0 bridgehead atoms. The number of hydrogen-bond acceptors (Lipinski definition) is 3. The molecule has 2 aliphatic heterocycles. The fourth-order valence-electron chi connectivity index (χ4n) is 4.56. The van der Waals surface area contributed by atoms with Crippen molar-refractivity contribution in [1.82, 2.24) is 14.7 Å². The molecular weight excluding hydrogens is 424 g/mol. The molecule has 174 valence electrons. The van der Waals surface area contributed by atoms with Crippen molar-refractivity contribution in [3.05, 3.63) is 77.4 Å². The second kappa shape index (κ2) is 10.7. The molecule has 0 unspecified atom stereocenters. The van der Waals surface area contributed by atoms with Crippen LogP contribution in [0.4, 0.5) is 8.78 Å². The standard InChI is InChI=1S/C26H29F2N3O2/c27-23-16-20(17-24(28)18-23)6-7-25(32)30-12-14-31(15-13-30)26(33)19-29-10-8-22(9-11-29)21-4-2-1-3-5-21/h1-7,16-18,22H,8-15,19H2/b7-6+. The topological polar surface area (TPSA) is 43.9 Å². The number of amides is 2. The Kier molecular flexibility index (Phi) is 7.50. The summed E-state index contributed by atoms with van der Waals surface area (Å²) in [7, 11) is 0. The lowest BCUT2D eigenvalue weighted by atomic mass is 9.89. The first kappa shape index (κ1) is 23.1. The van der Waals surface area contributed by atoms with E-state index in [-0.39, 0.29) is 11.8 Å². The van der Waals surface area contributed by atoms with E-state index in [1.807, 2.05) is 11.0 Å². The molecule has 0 aromatic heterocycles. The van der Waals surface area contributed by atoms with Gasteiger partial charge >= 0.3 is 0 Å². The van der Waals surface area contributed by atoms with E-state index in [0.29, 0.717) is 44.2 Å². The van der Waals surface area contributed by atoms with Gasteiger partial charge in [0.15, 0.2) is 0 Å². The zero-order valence-electron chi connectivity index (χ0n) is 18.6. The van der Waals surface area contributed by atoms with Crippen LogP contribution in [0.5, 0.6) is 0 Å². The summed E-state index contributed by atoms with van der Waals surface area (Å²) in [6.07, 6.45) is 4.84. The Balaban J connectivity index is 1.20. The van der Waals surface area contributed by atoms with Gasteiger partial charge in [-0.25, -0.2) is 8.78 Å².